The molecule has 3 N–H and O–H groups in total. The van der Waals surface area contributed by atoms with E-state index in [0.29, 0.717) is 0 Å². The van der Waals surface area contributed by atoms with Crippen molar-refractivity contribution in [1.82, 2.24) is 0 Å². The Kier molecular flexibility index (Phi) is 3.24. The second kappa shape index (κ2) is 4.84. The van der Waals surface area contributed by atoms with Crippen LogP contribution in [0.2, 0.25) is 0 Å². The molecule has 0 radical (unpaired) electrons. The van der Waals surface area contributed by atoms with Gasteiger partial charge in [-0.15, -0.1) is 0 Å². The maximum absolute atomic E-state index is 9.39. The highest BCUT2D eigenvalue weighted by Crippen LogP contribution is 2.25. The van der Waals surface area contributed by atoms with Crippen LogP contribution in [0.25, 0.3) is 11.6 Å². The number of allylic oxidation sites excluding steroid dienone is 1. The van der Waals surface area contributed by atoms with Crippen molar-refractivity contribution in [2.24, 2.45) is 0 Å². The van der Waals surface area contributed by atoms with Crippen LogP contribution in [0.4, 0.5) is 0 Å². The lowest BCUT2D eigenvalue weighted by Crippen LogP contribution is -1.80. The van der Waals surface area contributed by atoms with Gasteiger partial charge in [-0.05, 0) is 47.9 Å². The number of aromatic hydroxyl groups is 3. The number of rotatable bonds is 2. The van der Waals surface area contributed by atoms with E-state index in [1.165, 1.54) is 6.07 Å². The van der Waals surface area contributed by atoms with Crippen LogP contribution in [0.3, 0.4) is 0 Å². The molecule has 3 heteroatoms. The highest BCUT2D eigenvalue weighted by molar-refractivity contribution is 5.80. The lowest BCUT2D eigenvalue weighted by Gasteiger charge is -2.03. The van der Waals surface area contributed by atoms with Gasteiger partial charge in [0.1, 0.15) is 17.2 Å². The van der Waals surface area contributed by atoms with Gasteiger partial charge in [-0.3, -0.25) is 0 Å². The Balaban J connectivity index is 2.35. The van der Waals surface area contributed by atoms with Gasteiger partial charge in [-0.25, -0.2) is 0 Å². The molecule has 0 spiro atoms. The van der Waals surface area contributed by atoms with Gasteiger partial charge in [-0.2, -0.15) is 0 Å². The first-order valence-electron chi connectivity index (χ1n) is 5.55. The van der Waals surface area contributed by atoms with Crippen molar-refractivity contribution in [3.8, 4) is 17.2 Å². The third-order valence-corrected chi connectivity index (χ3v) is 2.63. The molecule has 2 aromatic rings. The zero-order chi connectivity index (χ0) is 13.1. The van der Waals surface area contributed by atoms with Gasteiger partial charge in [-0.1, -0.05) is 18.2 Å². The van der Waals surface area contributed by atoms with Crippen LogP contribution in [-0.2, 0) is 0 Å². The van der Waals surface area contributed by atoms with E-state index in [0.717, 1.165) is 16.7 Å². The Hall–Kier alpha value is -2.42. The van der Waals surface area contributed by atoms with E-state index in [-0.39, 0.29) is 17.2 Å². The molecule has 0 unspecified atom stereocenters. The average Bonchev–Trinajstić information content (AvgIpc) is 2.28. The molecule has 0 amide bonds. The minimum Gasteiger partial charge on any atom is -0.508 e. The molecule has 0 saturated carbocycles. The van der Waals surface area contributed by atoms with E-state index in [9.17, 15) is 15.3 Å². The van der Waals surface area contributed by atoms with Gasteiger partial charge in [0.25, 0.3) is 0 Å². The predicted octanol–water partition coefficient (Wildman–Crippen LogP) is 3.36. The zero-order valence-corrected chi connectivity index (χ0v) is 9.96. The normalized spacial score (nSPS) is 11.5. The summed E-state index contributed by atoms with van der Waals surface area (Å²) in [5, 5.41) is 28.0. The first kappa shape index (κ1) is 12.0. The van der Waals surface area contributed by atoms with Crippen molar-refractivity contribution in [2.75, 3.05) is 0 Å². The fraction of sp³-hybridized carbons (Fsp3) is 0.0667. The molecule has 3 nitrogen and oxygen atoms in total. The molecular formula is C15H14O3. The molecule has 0 bridgehead atoms. The summed E-state index contributed by atoms with van der Waals surface area (Å²) in [6.07, 6.45) is 1.85. The minimum absolute atomic E-state index is 0.0276. The Labute approximate surface area is 105 Å². The maximum Gasteiger partial charge on any atom is 0.119 e. The standard InChI is InChI=1S/C15H14O3/c1-10(12-2-4-13(16)5-3-12)6-11-7-14(17)9-15(18)8-11/h2-9,16-18H,1H3/b10-6+. The van der Waals surface area contributed by atoms with Gasteiger partial charge >= 0.3 is 0 Å². The number of phenols is 3. The van der Waals surface area contributed by atoms with Crippen LogP contribution in [0.5, 0.6) is 17.2 Å². The Bertz CT molecular complexity index is 563. The second-order valence-corrected chi connectivity index (χ2v) is 4.16. The largest absolute Gasteiger partial charge is 0.508 e. The fourth-order valence-corrected chi connectivity index (χ4v) is 1.76. The van der Waals surface area contributed by atoms with Crippen molar-refractivity contribution in [3.63, 3.8) is 0 Å². The highest BCUT2D eigenvalue weighted by atomic mass is 16.3. The van der Waals surface area contributed by atoms with Crippen LogP contribution in [-0.4, -0.2) is 15.3 Å². The summed E-state index contributed by atoms with van der Waals surface area (Å²) in [4.78, 5) is 0. The van der Waals surface area contributed by atoms with Gasteiger partial charge < -0.3 is 15.3 Å². The molecule has 0 fully saturated rings. The van der Waals surface area contributed by atoms with Crippen LogP contribution < -0.4 is 0 Å². The van der Waals surface area contributed by atoms with Gasteiger partial charge in [0, 0.05) is 6.07 Å². The monoisotopic (exact) mass is 242 g/mol. The van der Waals surface area contributed by atoms with E-state index in [1.807, 2.05) is 25.1 Å². The molecule has 0 aliphatic rings. The fourth-order valence-electron chi connectivity index (χ4n) is 1.76. The summed E-state index contributed by atoms with van der Waals surface area (Å²) in [5.41, 5.74) is 2.66. The van der Waals surface area contributed by atoms with Gasteiger partial charge in [0.05, 0.1) is 0 Å². The third-order valence-electron chi connectivity index (χ3n) is 2.63. The summed E-state index contributed by atoms with van der Waals surface area (Å²) in [6, 6.07) is 11.3. The first-order chi connectivity index (χ1) is 8.54. The summed E-state index contributed by atoms with van der Waals surface area (Å²) in [6.45, 7) is 1.92. The number of hydrogen-bond donors (Lipinski definition) is 3. The predicted molar refractivity (Wildman–Crippen MR) is 71.4 cm³/mol. The Morgan fingerprint density at radius 2 is 1.39 bits per heavy atom. The van der Waals surface area contributed by atoms with Gasteiger partial charge in [0.2, 0.25) is 0 Å². The van der Waals surface area contributed by atoms with E-state index in [4.69, 9.17) is 0 Å². The minimum atomic E-state index is 0.0276. The zero-order valence-electron chi connectivity index (χ0n) is 9.96. The molecule has 0 aliphatic carbocycles. The summed E-state index contributed by atoms with van der Waals surface area (Å²) < 4.78 is 0. The molecule has 2 rings (SSSR count). The molecule has 0 heterocycles. The second-order valence-electron chi connectivity index (χ2n) is 4.16. The van der Waals surface area contributed by atoms with Crippen molar-refractivity contribution in [2.45, 2.75) is 6.92 Å². The van der Waals surface area contributed by atoms with E-state index in [1.54, 1.807) is 24.3 Å². The molecule has 0 atom stereocenters. The van der Waals surface area contributed by atoms with Crippen molar-refractivity contribution < 1.29 is 15.3 Å². The Morgan fingerprint density at radius 3 is 1.94 bits per heavy atom. The van der Waals surface area contributed by atoms with Crippen molar-refractivity contribution in [3.05, 3.63) is 53.6 Å². The number of hydrogen-bond acceptors (Lipinski definition) is 3. The number of benzene rings is 2. The summed E-state index contributed by atoms with van der Waals surface area (Å²) >= 11 is 0. The molecule has 0 aromatic heterocycles. The summed E-state index contributed by atoms with van der Waals surface area (Å²) in [7, 11) is 0. The highest BCUT2D eigenvalue weighted by Gasteiger charge is 2.00. The van der Waals surface area contributed by atoms with Crippen molar-refractivity contribution in [1.29, 1.82) is 0 Å². The van der Waals surface area contributed by atoms with Crippen molar-refractivity contribution >= 4 is 11.6 Å². The molecule has 92 valence electrons. The average molecular weight is 242 g/mol. The lowest BCUT2D eigenvalue weighted by atomic mass is 10.0. The number of phenolic OH excluding ortho intramolecular Hbond substituents is 3. The van der Waals surface area contributed by atoms with E-state index in [2.05, 4.69) is 0 Å². The summed E-state index contributed by atoms with van der Waals surface area (Å²) in [5.74, 6) is 0.279. The molecular weight excluding hydrogens is 228 g/mol. The topological polar surface area (TPSA) is 60.7 Å². The molecule has 0 aliphatic heterocycles. The SMILES string of the molecule is C/C(=C\c1cc(O)cc(O)c1)c1ccc(O)cc1. The quantitative estimate of drug-likeness (QED) is 0.707. The molecule has 18 heavy (non-hydrogen) atoms. The van der Waals surface area contributed by atoms with Crippen LogP contribution >= 0.6 is 0 Å². The molecule has 2 aromatic carbocycles. The van der Waals surface area contributed by atoms with Crippen LogP contribution in [0.15, 0.2) is 42.5 Å². The maximum atomic E-state index is 9.39. The molecule has 0 saturated heterocycles. The lowest BCUT2D eigenvalue weighted by molar-refractivity contribution is 0.450. The van der Waals surface area contributed by atoms with E-state index >= 15 is 0 Å². The Morgan fingerprint density at radius 1 is 0.833 bits per heavy atom. The first-order valence-corrected chi connectivity index (χ1v) is 5.55. The van der Waals surface area contributed by atoms with E-state index < -0.39 is 0 Å². The van der Waals surface area contributed by atoms with Crippen LogP contribution in [0, 0.1) is 0 Å². The smallest absolute Gasteiger partial charge is 0.119 e. The van der Waals surface area contributed by atoms with Crippen LogP contribution in [0.1, 0.15) is 18.1 Å². The third kappa shape index (κ3) is 2.83. The van der Waals surface area contributed by atoms with Gasteiger partial charge in [0.15, 0.2) is 0 Å².